The summed E-state index contributed by atoms with van der Waals surface area (Å²) in [5.41, 5.74) is 5.79. The van der Waals surface area contributed by atoms with Crippen molar-refractivity contribution in [2.75, 3.05) is 6.54 Å². The van der Waals surface area contributed by atoms with E-state index >= 15 is 0 Å². The Morgan fingerprint density at radius 3 is 2.32 bits per heavy atom. The lowest BCUT2D eigenvalue weighted by atomic mass is 9.97. The van der Waals surface area contributed by atoms with Crippen LogP contribution in [-0.2, 0) is 23.9 Å². The monoisotopic (exact) mass is 531 g/mol. The summed E-state index contributed by atoms with van der Waals surface area (Å²) in [5.74, 6) is -6.74. The number of aromatic nitrogens is 3. The van der Waals surface area contributed by atoms with Crippen molar-refractivity contribution in [1.82, 2.24) is 19.7 Å². The minimum atomic E-state index is -4.85. The summed E-state index contributed by atoms with van der Waals surface area (Å²) in [6.45, 7) is -0.634. The van der Waals surface area contributed by atoms with Gasteiger partial charge in [-0.05, 0) is 35.7 Å². The van der Waals surface area contributed by atoms with Crippen molar-refractivity contribution < 1.29 is 40.6 Å². The highest BCUT2D eigenvalue weighted by Crippen LogP contribution is 2.39. The molecule has 7 nitrogen and oxygen atoms in total. The molecule has 3 atom stereocenters. The van der Waals surface area contributed by atoms with Gasteiger partial charge in [-0.2, -0.15) is 13.2 Å². The van der Waals surface area contributed by atoms with Crippen LogP contribution in [-0.4, -0.2) is 43.3 Å². The third-order valence-corrected chi connectivity index (χ3v) is 6.04. The SMILES string of the molecule is NC(CC(=O)N1CCn2c(nnc2C(F)(F)F)C1C(O)c1ccc(F)cc1)Cc1cc(F)c(F)cc1F. The Balaban J connectivity index is 1.62. The number of hydrogen-bond donors (Lipinski definition) is 2. The molecule has 14 heteroatoms. The van der Waals surface area contributed by atoms with E-state index in [1.54, 1.807) is 0 Å². The maximum atomic E-state index is 14.0. The van der Waals surface area contributed by atoms with Crippen LogP contribution in [0.2, 0.25) is 0 Å². The second kappa shape index (κ2) is 10.1. The number of carbonyl (C=O) groups is 1. The molecule has 4 rings (SSSR count). The average molecular weight is 531 g/mol. The van der Waals surface area contributed by atoms with Crippen LogP contribution in [0.4, 0.5) is 30.7 Å². The van der Waals surface area contributed by atoms with Crippen LogP contribution < -0.4 is 5.73 Å². The van der Waals surface area contributed by atoms with Crippen LogP contribution in [0.5, 0.6) is 0 Å². The smallest absolute Gasteiger partial charge is 0.386 e. The van der Waals surface area contributed by atoms with Crippen LogP contribution in [0.15, 0.2) is 36.4 Å². The van der Waals surface area contributed by atoms with E-state index in [0.29, 0.717) is 12.1 Å². The molecule has 3 aromatic rings. The van der Waals surface area contributed by atoms with E-state index in [-0.39, 0.29) is 36.5 Å². The summed E-state index contributed by atoms with van der Waals surface area (Å²) in [7, 11) is 0. The van der Waals surface area contributed by atoms with E-state index in [1.165, 1.54) is 12.1 Å². The fourth-order valence-corrected chi connectivity index (χ4v) is 4.30. The van der Waals surface area contributed by atoms with Crippen LogP contribution in [0, 0.1) is 23.3 Å². The van der Waals surface area contributed by atoms with Gasteiger partial charge in [-0.1, -0.05) is 12.1 Å². The van der Waals surface area contributed by atoms with Gasteiger partial charge in [-0.15, -0.1) is 10.2 Å². The second-order valence-corrected chi connectivity index (χ2v) is 8.59. The van der Waals surface area contributed by atoms with Crippen molar-refractivity contribution in [2.24, 2.45) is 5.73 Å². The molecule has 37 heavy (non-hydrogen) atoms. The molecule has 1 amide bonds. The van der Waals surface area contributed by atoms with Crippen LogP contribution in [0.1, 0.15) is 41.3 Å². The lowest BCUT2D eigenvalue weighted by Gasteiger charge is -2.39. The quantitative estimate of drug-likeness (QED) is 0.376. The van der Waals surface area contributed by atoms with Gasteiger partial charge in [0.2, 0.25) is 11.7 Å². The van der Waals surface area contributed by atoms with E-state index in [4.69, 9.17) is 5.73 Å². The van der Waals surface area contributed by atoms with E-state index in [0.717, 1.165) is 21.6 Å². The molecule has 0 radical (unpaired) electrons. The highest BCUT2D eigenvalue weighted by atomic mass is 19.4. The third-order valence-electron chi connectivity index (χ3n) is 6.04. The molecule has 0 bridgehead atoms. The Morgan fingerprint density at radius 2 is 1.68 bits per heavy atom. The molecule has 1 aliphatic rings. The zero-order chi connectivity index (χ0) is 27.1. The number of rotatable bonds is 6. The molecule has 0 fully saturated rings. The number of fused-ring (bicyclic) bond motifs is 1. The first-order chi connectivity index (χ1) is 17.4. The summed E-state index contributed by atoms with van der Waals surface area (Å²) in [4.78, 5) is 14.3. The molecule has 0 spiro atoms. The Kier molecular flexibility index (Phi) is 7.24. The number of nitrogens with two attached hydrogens (primary N) is 1. The average Bonchev–Trinajstić information content (AvgIpc) is 3.27. The highest BCUT2D eigenvalue weighted by Gasteiger charge is 2.45. The fraction of sp³-hybridized carbons (Fsp3) is 0.348. The van der Waals surface area contributed by atoms with Gasteiger partial charge in [-0.3, -0.25) is 4.79 Å². The lowest BCUT2D eigenvalue weighted by molar-refractivity contribution is -0.149. The molecule has 3 unspecified atom stereocenters. The standard InChI is InChI=1S/C23H20F7N5O2/c24-13-3-1-11(2-4-13)20(37)19-21-32-33-22(23(28,29)30)35(21)6-5-34(19)18(36)9-14(31)7-12-8-16(26)17(27)10-15(12)25/h1-4,8,10,14,19-20,37H,5-7,9,31H2. The molecular formula is C23H20F7N5O2. The summed E-state index contributed by atoms with van der Waals surface area (Å²) in [5, 5.41) is 17.8. The van der Waals surface area contributed by atoms with Crippen LogP contribution in [0.3, 0.4) is 0 Å². The minimum Gasteiger partial charge on any atom is -0.386 e. The molecule has 3 N–H and O–H groups in total. The molecule has 2 aromatic carbocycles. The number of aliphatic hydroxyl groups excluding tert-OH is 1. The van der Waals surface area contributed by atoms with E-state index in [9.17, 15) is 40.6 Å². The molecule has 1 aromatic heterocycles. The first-order valence-electron chi connectivity index (χ1n) is 11.0. The first kappa shape index (κ1) is 26.5. The number of alkyl halides is 3. The number of aliphatic hydroxyl groups is 1. The zero-order valence-corrected chi connectivity index (χ0v) is 18.9. The molecule has 2 heterocycles. The lowest BCUT2D eigenvalue weighted by Crippen LogP contribution is -2.47. The predicted molar refractivity (Wildman–Crippen MR) is 113 cm³/mol. The predicted octanol–water partition coefficient (Wildman–Crippen LogP) is 3.43. The molecular weight excluding hydrogens is 511 g/mol. The van der Waals surface area contributed by atoms with Crippen LogP contribution in [0.25, 0.3) is 0 Å². The largest absolute Gasteiger partial charge is 0.451 e. The normalized spacial score (nSPS) is 17.4. The van der Waals surface area contributed by atoms with Crippen molar-refractivity contribution >= 4 is 5.91 Å². The summed E-state index contributed by atoms with van der Waals surface area (Å²) in [6.07, 6.45) is -7.28. The van der Waals surface area contributed by atoms with Crippen molar-refractivity contribution in [3.05, 3.63) is 82.4 Å². The molecule has 0 saturated carbocycles. The fourth-order valence-electron chi connectivity index (χ4n) is 4.30. The molecule has 0 aliphatic carbocycles. The van der Waals surface area contributed by atoms with Crippen molar-refractivity contribution in [1.29, 1.82) is 0 Å². The van der Waals surface area contributed by atoms with E-state index < -0.39 is 65.8 Å². The zero-order valence-electron chi connectivity index (χ0n) is 18.9. The second-order valence-electron chi connectivity index (χ2n) is 8.59. The van der Waals surface area contributed by atoms with Crippen LogP contribution >= 0.6 is 0 Å². The maximum Gasteiger partial charge on any atom is 0.451 e. The maximum absolute atomic E-state index is 14.0. The number of benzene rings is 2. The number of carbonyl (C=O) groups excluding carboxylic acids is 1. The number of nitrogens with zero attached hydrogens (tertiary/aromatic N) is 4. The van der Waals surface area contributed by atoms with Gasteiger partial charge in [0.1, 0.15) is 23.8 Å². The van der Waals surface area contributed by atoms with Gasteiger partial charge >= 0.3 is 6.18 Å². The Morgan fingerprint density at radius 1 is 1.03 bits per heavy atom. The van der Waals surface area contributed by atoms with Crippen molar-refractivity contribution in [3.8, 4) is 0 Å². The minimum absolute atomic E-state index is 0.0994. The van der Waals surface area contributed by atoms with E-state index in [1.807, 2.05) is 0 Å². The van der Waals surface area contributed by atoms with Crippen molar-refractivity contribution in [3.63, 3.8) is 0 Å². The van der Waals surface area contributed by atoms with Gasteiger partial charge in [0.25, 0.3) is 0 Å². The van der Waals surface area contributed by atoms with Gasteiger partial charge in [-0.25, -0.2) is 17.6 Å². The highest BCUT2D eigenvalue weighted by molar-refractivity contribution is 5.77. The number of hydrogen-bond acceptors (Lipinski definition) is 5. The topological polar surface area (TPSA) is 97.3 Å². The third kappa shape index (κ3) is 5.44. The number of halogens is 7. The van der Waals surface area contributed by atoms with E-state index in [2.05, 4.69) is 10.2 Å². The Labute approximate surface area is 205 Å². The summed E-state index contributed by atoms with van der Waals surface area (Å²) in [6, 6.07) is 2.93. The van der Waals surface area contributed by atoms with Gasteiger partial charge < -0.3 is 20.3 Å². The molecule has 198 valence electrons. The summed E-state index contributed by atoms with van der Waals surface area (Å²) < 4.78 is 95.1. The molecule has 1 aliphatic heterocycles. The first-order valence-corrected chi connectivity index (χ1v) is 11.0. The Bertz CT molecular complexity index is 1300. The Hall–Kier alpha value is -3.52. The number of amides is 1. The van der Waals surface area contributed by atoms with Gasteiger partial charge in [0, 0.05) is 31.6 Å². The van der Waals surface area contributed by atoms with Gasteiger partial charge in [0.05, 0.1) is 0 Å². The van der Waals surface area contributed by atoms with Gasteiger partial charge in [0.15, 0.2) is 17.5 Å². The summed E-state index contributed by atoms with van der Waals surface area (Å²) >= 11 is 0. The van der Waals surface area contributed by atoms with Crippen molar-refractivity contribution in [2.45, 2.75) is 43.8 Å². The molecule has 0 saturated heterocycles.